The van der Waals surface area contributed by atoms with Gasteiger partial charge in [-0.25, -0.2) is 0 Å². The van der Waals surface area contributed by atoms with Crippen LogP contribution in [-0.2, 0) is 19.1 Å². The van der Waals surface area contributed by atoms with Gasteiger partial charge in [-0.3, -0.25) is 9.59 Å². The number of fused-ring (bicyclic) bond motifs is 8. The van der Waals surface area contributed by atoms with Gasteiger partial charge in [-0.05, 0) is 0 Å². The second-order valence-corrected chi connectivity index (χ2v) is 4.45. The van der Waals surface area contributed by atoms with E-state index in [0.717, 1.165) is 0 Å². The lowest BCUT2D eigenvalue weighted by molar-refractivity contribution is -0.156. The van der Waals surface area contributed by atoms with Crippen LogP contribution in [0.4, 0.5) is 0 Å². The summed E-state index contributed by atoms with van der Waals surface area (Å²) < 4.78 is 10.3. The highest BCUT2D eigenvalue weighted by atomic mass is 16.6. The molecule has 4 aliphatic heterocycles. The Hall–Kier alpha value is -1.30. The molecule has 0 saturated carbocycles. The Kier molecular flexibility index (Phi) is 1.20. The highest BCUT2D eigenvalue weighted by Gasteiger charge is 2.69. The van der Waals surface area contributed by atoms with Crippen molar-refractivity contribution in [3.63, 3.8) is 0 Å². The van der Waals surface area contributed by atoms with Crippen molar-refractivity contribution in [2.45, 2.75) is 18.2 Å². The number of cyclic esters (lactones) is 2. The van der Waals surface area contributed by atoms with Gasteiger partial charge in [0.25, 0.3) is 0 Å². The molecule has 4 heterocycles. The number of hydrogen-bond donors (Lipinski definition) is 0. The maximum Gasteiger partial charge on any atom is 0.320 e. The summed E-state index contributed by atoms with van der Waals surface area (Å²) in [6.07, 6.45) is -0.492. The average molecular weight is 208 g/mol. The first-order valence-corrected chi connectivity index (χ1v) is 5.05. The van der Waals surface area contributed by atoms with Crippen LogP contribution in [0.25, 0.3) is 0 Å². The molecule has 0 aromatic rings. The molecule has 6 atom stereocenters. The van der Waals surface area contributed by atoms with E-state index >= 15 is 0 Å². The fraction of sp³-hybridized carbons (Fsp3) is 0.778. The first-order valence-electron chi connectivity index (χ1n) is 5.05. The highest BCUT2D eigenvalue weighted by Crippen LogP contribution is 2.53. The largest absolute Gasteiger partial charge is 0.393 e. The Balaban J connectivity index is 1.80. The lowest BCUT2D eigenvalue weighted by Gasteiger charge is -2.23. The Bertz CT molecular complexity index is 407. The Morgan fingerprint density at radius 1 is 1.13 bits per heavy atom. The number of hydrogen-bond acceptors (Lipinski definition) is 6. The van der Waals surface area contributed by atoms with Crippen molar-refractivity contribution in [1.29, 1.82) is 0 Å². The van der Waals surface area contributed by atoms with Crippen LogP contribution in [0.3, 0.4) is 0 Å². The average Bonchev–Trinajstić information content (AvgIpc) is 2.88. The first kappa shape index (κ1) is 7.92. The van der Waals surface area contributed by atoms with Crippen molar-refractivity contribution in [3.8, 4) is 0 Å². The van der Waals surface area contributed by atoms with Crippen LogP contribution in [-0.4, -0.2) is 36.7 Å². The van der Waals surface area contributed by atoms with Gasteiger partial charge in [-0.15, -0.1) is 0 Å². The minimum Gasteiger partial charge on any atom is -0.393 e. The molecule has 15 heavy (non-hydrogen) atoms. The molecule has 0 aliphatic carbocycles. The van der Waals surface area contributed by atoms with Crippen LogP contribution < -0.4 is 0 Å². The molecule has 78 valence electrons. The summed E-state index contributed by atoms with van der Waals surface area (Å²) in [6, 6.07) is -0.0327. The fourth-order valence-electron chi connectivity index (χ4n) is 3.25. The van der Waals surface area contributed by atoms with Crippen LogP contribution in [0.1, 0.15) is 0 Å². The number of carbonyl (C=O) groups excluding carboxylic acids is 2. The van der Waals surface area contributed by atoms with E-state index in [2.05, 4.69) is 15.0 Å². The lowest BCUT2D eigenvalue weighted by atomic mass is 9.73. The van der Waals surface area contributed by atoms with Crippen LogP contribution in [0, 0.1) is 17.8 Å². The molecule has 0 aromatic carbocycles. The summed E-state index contributed by atoms with van der Waals surface area (Å²) in [7, 11) is 0. The van der Waals surface area contributed by atoms with Crippen molar-refractivity contribution in [3.05, 3.63) is 0 Å². The zero-order valence-electron chi connectivity index (χ0n) is 7.70. The molecule has 6 heteroatoms. The van der Waals surface area contributed by atoms with E-state index in [4.69, 9.17) is 4.74 Å². The molecular formula is C9H8N2O4. The Labute approximate surface area is 84.6 Å². The molecule has 3 fully saturated rings. The minimum absolute atomic E-state index is 0.0327. The standard InChI is InChI=1S/C9H8N2O4/c12-8-3-4(9(13)15-8)7-5-2(1-10-11-5)6(3)14-7/h2-7H,1H2. The number of ether oxygens (including phenoxy) is 2. The molecule has 2 bridgehead atoms. The molecule has 3 saturated heterocycles. The molecular weight excluding hydrogens is 200 g/mol. The third-order valence-corrected chi connectivity index (χ3v) is 3.86. The number of azo groups is 1. The second kappa shape index (κ2) is 2.27. The lowest BCUT2D eigenvalue weighted by Crippen LogP contribution is -2.42. The van der Waals surface area contributed by atoms with Gasteiger partial charge in [0.05, 0.1) is 24.7 Å². The maximum absolute atomic E-state index is 11.5. The molecule has 0 radical (unpaired) electrons. The van der Waals surface area contributed by atoms with Gasteiger partial charge < -0.3 is 9.47 Å². The molecule has 4 aliphatic rings. The zero-order valence-corrected chi connectivity index (χ0v) is 7.70. The van der Waals surface area contributed by atoms with E-state index in [9.17, 15) is 9.59 Å². The Morgan fingerprint density at radius 2 is 1.87 bits per heavy atom. The number of esters is 2. The van der Waals surface area contributed by atoms with Gasteiger partial charge in [0.2, 0.25) is 0 Å². The summed E-state index contributed by atoms with van der Waals surface area (Å²) in [5, 5.41) is 8.05. The second-order valence-electron chi connectivity index (χ2n) is 4.45. The number of carbonyl (C=O) groups is 2. The van der Waals surface area contributed by atoms with Crippen LogP contribution in [0.2, 0.25) is 0 Å². The summed E-state index contributed by atoms with van der Waals surface area (Å²) in [4.78, 5) is 22.9. The van der Waals surface area contributed by atoms with Crippen molar-refractivity contribution in [2.75, 3.05) is 6.54 Å². The monoisotopic (exact) mass is 208 g/mol. The van der Waals surface area contributed by atoms with Gasteiger partial charge in [0, 0.05) is 5.92 Å². The van der Waals surface area contributed by atoms with E-state index in [1.165, 1.54) is 0 Å². The fourth-order valence-corrected chi connectivity index (χ4v) is 3.25. The van der Waals surface area contributed by atoms with Gasteiger partial charge in [0.1, 0.15) is 12.0 Å². The predicted octanol–water partition coefficient (Wildman–Crippen LogP) is -0.466. The highest BCUT2D eigenvalue weighted by molar-refractivity contribution is 5.98. The first-order chi connectivity index (χ1) is 7.27. The molecule has 0 N–H and O–H groups in total. The quantitative estimate of drug-likeness (QED) is 0.398. The van der Waals surface area contributed by atoms with Gasteiger partial charge in [0.15, 0.2) is 0 Å². The molecule has 0 aromatic heterocycles. The minimum atomic E-state index is -0.446. The SMILES string of the molecule is O=C1OC(=O)C2C3OC(C4CN=NC43)C12. The van der Waals surface area contributed by atoms with Gasteiger partial charge in [-0.2, -0.15) is 10.2 Å². The normalized spacial score (nSPS) is 54.7. The smallest absolute Gasteiger partial charge is 0.320 e. The van der Waals surface area contributed by atoms with Crippen LogP contribution >= 0.6 is 0 Å². The van der Waals surface area contributed by atoms with Crippen molar-refractivity contribution < 1.29 is 19.1 Å². The van der Waals surface area contributed by atoms with Crippen molar-refractivity contribution in [1.82, 2.24) is 0 Å². The van der Waals surface area contributed by atoms with Crippen molar-refractivity contribution in [2.24, 2.45) is 28.0 Å². The Morgan fingerprint density at radius 3 is 2.67 bits per heavy atom. The molecule has 4 rings (SSSR count). The summed E-state index contributed by atoms with van der Waals surface area (Å²) in [6.45, 7) is 0.608. The van der Waals surface area contributed by atoms with Crippen LogP contribution in [0.5, 0.6) is 0 Å². The third-order valence-electron chi connectivity index (χ3n) is 3.86. The number of rotatable bonds is 0. The zero-order chi connectivity index (χ0) is 10.2. The van der Waals surface area contributed by atoms with Crippen LogP contribution in [0.15, 0.2) is 10.2 Å². The maximum atomic E-state index is 11.5. The molecule has 0 amide bonds. The van der Waals surface area contributed by atoms with Gasteiger partial charge >= 0.3 is 11.9 Å². The predicted molar refractivity (Wildman–Crippen MR) is 43.7 cm³/mol. The molecule has 6 nitrogen and oxygen atoms in total. The molecule has 0 spiro atoms. The summed E-state index contributed by atoms with van der Waals surface area (Å²) in [5.74, 6) is -1.52. The van der Waals surface area contributed by atoms with E-state index in [1.54, 1.807) is 0 Å². The van der Waals surface area contributed by atoms with Crippen molar-refractivity contribution >= 4 is 11.9 Å². The summed E-state index contributed by atoms with van der Waals surface area (Å²) in [5.41, 5.74) is 0. The van der Waals surface area contributed by atoms with Gasteiger partial charge in [-0.1, -0.05) is 0 Å². The topological polar surface area (TPSA) is 77.3 Å². The van der Waals surface area contributed by atoms with E-state index in [-0.39, 0.29) is 24.2 Å². The summed E-state index contributed by atoms with van der Waals surface area (Å²) >= 11 is 0. The molecule has 6 unspecified atom stereocenters. The van der Waals surface area contributed by atoms with E-state index in [1.807, 2.05) is 0 Å². The number of nitrogens with zero attached hydrogens (tertiary/aromatic N) is 2. The third kappa shape index (κ3) is 0.728. The van der Waals surface area contributed by atoms with E-state index in [0.29, 0.717) is 6.54 Å². The van der Waals surface area contributed by atoms with E-state index < -0.39 is 23.8 Å².